The van der Waals surface area contributed by atoms with Gasteiger partial charge in [-0.1, -0.05) is 24.1 Å². The number of aliphatic imine (C=N–C) groups is 1. The van der Waals surface area contributed by atoms with Gasteiger partial charge in [0.05, 0.1) is 6.10 Å². The first-order chi connectivity index (χ1) is 14.2. The Morgan fingerprint density at radius 3 is 2.87 bits per heavy atom. The minimum atomic E-state index is 0. The molecular formula is C21H31IN6O2. The summed E-state index contributed by atoms with van der Waals surface area (Å²) in [6, 6.07) is 6.04. The summed E-state index contributed by atoms with van der Waals surface area (Å²) >= 11 is 0. The molecule has 0 radical (unpaired) electrons. The van der Waals surface area contributed by atoms with Gasteiger partial charge in [-0.05, 0) is 38.3 Å². The highest BCUT2D eigenvalue weighted by molar-refractivity contribution is 14.0. The number of hydrogen-bond donors (Lipinski definition) is 2. The zero-order chi connectivity index (χ0) is 20.1. The van der Waals surface area contributed by atoms with E-state index in [1.54, 1.807) is 6.20 Å². The highest BCUT2D eigenvalue weighted by Gasteiger charge is 2.56. The number of guanidine groups is 1. The van der Waals surface area contributed by atoms with Gasteiger partial charge in [0.1, 0.15) is 5.69 Å². The Bertz CT molecular complexity index is 822. The molecule has 30 heavy (non-hydrogen) atoms. The van der Waals surface area contributed by atoms with Crippen LogP contribution >= 0.6 is 24.0 Å². The number of ether oxygens (including phenoxy) is 1. The second-order valence-corrected chi connectivity index (χ2v) is 7.80. The zero-order valence-corrected chi connectivity index (χ0v) is 20.0. The van der Waals surface area contributed by atoms with E-state index in [1.807, 2.05) is 25.2 Å². The molecule has 2 aliphatic carbocycles. The lowest BCUT2D eigenvalue weighted by molar-refractivity contribution is -0.125. The summed E-state index contributed by atoms with van der Waals surface area (Å²) in [7, 11) is 1.81. The third-order valence-electron chi connectivity index (χ3n) is 6.22. The summed E-state index contributed by atoms with van der Waals surface area (Å²) in [4.78, 5) is 13.1. The van der Waals surface area contributed by atoms with Crippen LogP contribution in [-0.2, 0) is 11.2 Å². The predicted octanol–water partition coefficient (Wildman–Crippen LogP) is 3.19. The van der Waals surface area contributed by atoms with Gasteiger partial charge in [-0.25, -0.2) is 0 Å². The van der Waals surface area contributed by atoms with Crippen molar-refractivity contribution in [3.8, 4) is 11.6 Å². The van der Waals surface area contributed by atoms with Gasteiger partial charge in [-0.15, -0.1) is 24.0 Å². The Morgan fingerprint density at radius 2 is 2.17 bits per heavy atom. The number of nitrogens with one attached hydrogen (secondary N) is 2. The Hall–Kier alpha value is -1.75. The molecule has 2 heterocycles. The van der Waals surface area contributed by atoms with E-state index in [0.717, 1.165) is 19.0 Å². The summed E-state index contributed by atoms with van der Waals surface area (Å²) in [6.07, 6.45) is 8.87. The van der Waals surface area contributed by atoms with E-state index in [1.165, 1.54) is 25.7 Å². The number of hydrogen-bond acceptors (Lipinski definition) is 6. The van der Waals surface area contributed by atoms with Gasteiger partial charge in [0.2, 0.25) is 0 Å². The van der Waals surface area contributed by atoms with Crippen molar-refractivity contribution in [1.82, 2.24) is 25.8 Å². The Labute approximate surface area is 194 Å². The third-order valence-corrected chi connectivity index (χ3v) is 6.22. The lowest BCUT2D eigenvalue weighted by atomic mass is 9.60. The molecule has 4 rings (SSSR count). The van der Waals surface area contributed by atoms with Crippen LogP contribution in [0.3, 0.4) is 0 Å². The first-order valence-electron chi connectivity index (χ1n) is 10.6. The van der Waals surface area contributed by atoms with Gasteiger partial charge >= 0.3 is 0 Å². The minimum Gasteiger partial charge on any atom is -0.378 e. The van der Waals surface area contributed by atoms with Crippen LogP contribution in [0.4, 0.5) is 0 Å². The van der Waals surface area contributed by atoms with E-state index in [-0.39, 0.29) is 29.4 Å². The van der Waals surface area contributed by atoms with Crippen LogP contribution in [0.15, 0.2) is 33.9 Å². The molecule has 2 unspecified atom stereocenters. The first-order valence-corrected chi connectivity index (χ1v) is 10.6. The van der Waals surface area contributed by atoms with Gasteiger partial charge in [0.25, 0.3) is 5.89 Å². The van der Waals surface area contributed by atoms with E-state index in [0.29, 0.717) is 42.5 Å². The molecule has 2 atom stereocenters. The molecule has 0 amide bonds. The van der Waals surface area contributed by atoms with Gasteiger partial charge in [0.15, 0.2) is 11.8 Å². The molecule has 2 fully saturated rings. The molecule has 0 saturated heterocycles. The van der Waals surface area contributed by atoms with E-state index >= 15 is 0 Å². The number of pyridine rings is 1. The lowest BCUT2D eigenvalue weighted by Crippen LogP contribution is -2.65. The van der Waals surface area contributed by atoms with E-state index < -0.39 is 0 Å². The smallest absolute Gasteiger partial charge is 0.276 e. The van der Waals surface area contributed by atoms with Crippen LogP contribution in [0.2, 0.25) is 0 Å². The summed E-state index contributed by atoms with van der Waals surface area (Å²) in [5, 5.41) is 11.1. The highest BCUT2D eigenvalue weighted by atomic mass is 127. The first kappa shape index (κ1) is 22.9. The molecule has 2 aliphatic rings. The summed E-state index contributed by atoms with van der Waals surface area (Å²) in [5.41, 5.74) is 0.964. The monoisotopic (exact) mass is 526 g/mol. The van der Waals surface area contributed by atoms with Crippen molar-refractivity contribution in [2.24, 2.45) is 10.4 Å². The Balaban J connectivity index is 0.00000256. The number of nitrogens with zero attached hydrogens (tertiary/aromatic N) is 4. The number of rotatable bonds is 7. The van der Waals surface area contributed by atoms with Crippen LogP contribution in [0.5, 0.6) is 0 Å². The van der Waals surface area contributed by atoms with Gasteiger partial charge in [-0.2, -0.15) is 4.98 Å². The normalized spacial score (nSPS) is 22.4. The largest absolute Gasteiger partial charge is 0.378 e. The molecule has 1 spiro atoms. The quantitative estimate of drug-likeness (QED) is 0.325. The molecule has 0 bridgehead atoms. The fourth-order valence-electron chi connectivity index (χ4n) is 4.69. The van der Waals surface area contributed by atoms with Gasteiger partial charge in [0, 0.05) is 44.3 Å². The van der Waals surface area contributed by atoms with Crippen LogP contribution < -0.4 is 10.6 Å². The van der Waals surface area contributed by atoms with Crippen molar-refractivity contribution in [3.63, 3.8) is 0 Å². The zero-order valence-electron chi connectivity index (χ0n) is 17.6. The molecule has 2 N–H and O–H groups in total. The van der Waals surface area contributed by atoms with Crippen molar-refractivity contribution in [1.29, 1.82) is 0 Å². The van der Waals surface area contributed by atoms with Gasteiger partial charge in [-0.3, -0.25) is 9.98 Å². The van der Waals surface area contributed by atoms with Crippen molar-refractivity contribution >= 4 is 29.9 Å². The fraction of sp³-hybridized carbons (Fsp3) is 0.619. The molecule has 164 valence electrons. The average molecular weight is 526 g/mol. The molecule has 9 heteroatoms. The van der Waals surface area contributed by atoms with Crippen molar-refractivity contribution in [2.75, 3.05) is 20.2 Å². The fourth-order valence-corrected chi connectivity index (χ4v) is 4.69. The van der Waals surface area contributed by atoms with Crippen LogP contribution in [-0.4, -0.2) is 53.4 Å². The molecule has 8 nitrogen and oxygen atoms in total. The molecule has 2 aromatic heterocycles. The average Bonchev–Trinajstić information content (AvgIpc) is 3.44. The lowest BCUT2D eigenvalue weighted by Gasteiger charge is -2.54. The topological polar surface area (TPSA) is 97.5 Å². The second kappa shape index (κ2) is 10.5. The summed E-state index contributed by atoms with van der Waals surface area (Å²) < 4.78 is 11.3. The van der Waals surface area contributed by atoms with Crippen LogP contribution in [0.25, 0.3) is 11.6 Å². The molecule has 2 aromatic rings. The van der Waals surface area contributed by atoms with Crippen LogP contribution in [0.1, 0.15) is 44.9 Å². The van der Waals surface area contributed by atoms with E-state index in [2.05, 4.69) is 37.7 Å². The third kappa shape index (κ3) is 4.77. The second-order valence-electron chi connectivity index (χ2n) is 7.80. The van der Waals surface area contributed by atoms with Crippen LogP contribution in [0, 0.1) is 5.41 Å². The van der Waals surface area contributed by atoms with Crippen molar-refractivity contribution < 1.29 is 9.26 Å². The van der Waals surface area contributed by atoms with E-state index in [9.17, 15) is 0 Å². The molecule has 0 aliphatic heterocycles. The molecule has 2 saturated carbocycles. The highest BCUT2D eigenvalue weighted by Crippen LogP contribution is 2.54. The maximum atomic E-state index is 6.01. The maximum Gasteiger partial charge on any atom is 0.276 e. The van der Waals surface area contributed by atoms with E-state index in [4.69, 9.17) is 9.26 Å². The number of aromatic nitrogens is 3. The minimum absolute atomic E-state index is 0. The standard InChI is InChI=1S/C21H30N6O2.HI/c1-3-28-17-14-16(21(17)10-5-6-11-21)25-20(22-2)24-13-9-18-26-19(29-27-18)15-8-4-7-12-23-15;/h4,7-8,12,16-17H,3,5-6,9-11,13-14H2,1-2H3,(H2,22,24,25);1H. The number of halogens is 1. The SMILES string of the molecule is CCOC1CC(NC(=NC)NCCc2noc(-c3ccccn3)n2)C12CCCC2.I. The predicted molar refractivity (Wildman–Crippen MR) is 126 cm³/mol. The Kier molecular flexibility index (Phi) is 8.04. The van der Waals surface area contributed by atoms with Gasteiger partial charge < -0.3 is 19.9 Å². The Morgan fingerprint density at radius 1 is 1.33 bits per heavy atom. The summed E-state index contributed by atoms with van der Waals surface area (Å²) in [5.74, 6) is 1.92. The molecule has 0 aromatic carbocycles. The molecular weight excluding hydrogens is 495 g/mol. The maximum absolute atomic E-state index is 6.01. The van der Waals surface area contributed by atoms with Crippen molar-refractivity contribution in [3.05, 3.63) is 30.2 Å². The summed E-state index contributed by atoms with van der Waals surface area (Å²) in [6.45, 7) is 3.55. The van der Waals surface area contributed by atoms with Crippen molar-refractivity contribution in [2.45, 2.75) is 57.6 Å².